The van der Waals surface area contributed by atoms with Crippen LogP contribution in [0.4, 0.5) is 8.78 Å². The van der Waals surface area contributed by atoms with Crippen molar-refractivity contribution < 1.29 is 22.0 Å². The predicted octanol–water partition coefficient (Wildman–Crippen LogP) is 1.87. The van der Waals surface area contributed by atoms with Gasteiger partial charge in [-0.25, -0.2) is 22.3 Å². The van der Waals surface area contributed by atoms with Crippen LogP contribution < -0.4 is 5.14 Å². The van der Waals surface area contributed by atoms with Crippen LogP contribution in [0.15, 0.2) is 17.0 Å². The van der Waals surface area contributed by atoms with Crippen molar-refractivity contribution in [2.75, 3.05) is 6.54 Å². The van der Waals surface area contributed by atoms with E-state index in [2.05, 4.69) is 0 Å². The summed E-state index contributed by atoms with van der Waals surface area (Å²) < 4.78 is 49.9. The van der Waals surface area contributed by atoms with Crippen LogP contribution in [0.3, 0.4) is 0 Å². The average Bonchev–Trinajstić information content (AvgIpc) is 2.40. The fourth-order valence-corrected chi connectivity index (χ4v) is 2.46. The summed E-state index contributed by atoms with van der Waals surface area (Å²) in [6.45, 7) is 5.59. The van der Waals surface area contributed by atoms with Crippen LogP contribution in [0.5, 0.6) is 0 Å². The molecule has 1 aromatic rings. The molecule has 1 atom stereocenters. The number of rotatable bonds is 5. The number of hydrogen-bond acceptors (Lipinski definition) is 3. The molecule has 0 aromatic heterocycles. The number of hydrogen-bond donors (Lipinski definition) is 1. The molecular formula is C13H18F2N2O3S. The summed E-state index contributed by atoms with van der Waals surface area (Å²) in [5.74, 6) is -3.58. The molecule has 118 valence electrons. The van der Waals surface area contributed by atoms with E-state index < -0.39 is 38.0 Å². The van der Waals surface area contributed by atoms with E-state index in [0.29, 0.717) is 12.5 Å². The second-order valence-electron chi connectivity index (χ2n) is 4.66. The Bertz CT molecular complexity index is 647. The molecular weight excluding hydrogens is 302 g/mol. The molecule has 0 saturated heterocycles. The van der Waals surface area contributed by atoms with Crippen molar-refractivity contribution in [3.05, 3.63) is 29.3 Å². The zero-order valence-corrected chi connectivity index (χ0v) is 12.9. The highest BCUT2D eigenvalue weighted by molar-refractivity contribution is 7.89. The minimum atomic E-state index is -4.23. The molecule has 0 radical (unpaired) electrons. The third-order valence-corrected chi connectivity index (χ3v) is 4.18. The lowest BCUT2D eigenvalue weighted by Gasteiger charge is -2.27. The number of carbonyl (C=O) groups excluding carboxylic acids is 1. The monoisotopic (exact) mass is 320 g/mol. The Morgan fingerprint density at radius 1 is 1.33 bits per heavy atom. The van der Waals surface area contributed by atoms with Gasteiger partial charge in [0.05, 0.1) is 10.5 Å². The summed E-state index contributed by atoms with van der Waals surface area (Å²) in [5.41, 5.74) is -0.638. The highest BCUT2D eigenvalue weighted by Crippen LogP contribution is 2.20. The third-order valence-electron chi connectivity index (χ3n) is 3.29. The highest BCUT2D eigenvalue weighted by atomic mass is 32.2. The normalized spacial score (nSPS) is 13.0. The molecule has 1 aromatic carbocycles. The molecule has 5 nitrogen and oxygen atoms in total. The summed E-state index contributed by atoms with van der Waals surface area (Å²) in [6.07, 6.45) is 0.624. The Morgan fingerprint density at radius 2 is 1.90 bits per heavy atom. The van der Waals surface area contributed by atoms with Crippen LogP contribution in [-0.4, -0.2) is 31.8 Å². The molecule has 21 heavy (non-hydrogen) atoms. The number of sulfonamides is 1. The van der Waals surface area contributed by atoms with Gasteiger partial charge in [0.25, 0.3) is 5.91 Å². The number of carbonyl (C=O) groups is 1. The maximum atomic E-state index is 13.8. The van der Waals surface area contributed by atoms with E-state index in [1.807, 2.05) is 6.92 Å². The van der Waals surface area contributed by atoms with Crippen molar-refractivity contribution in [2.24, 2.45) is 5.14 Å². The first-order chi connectivity index (χ1) is 9.63. The number of benzene rings is 1. The maximum Gasteiger partial charge on any atom is 0.257 e. The summed E-state index contributed by atoms with van der Waals surface area (Å²) in [4.78, 5) is 13.0. The van der Waals surface area contributed by atoms with Gasteiger partial charge >= 0.3 is 0 Å². The van der Waals surface area contributed by atoms with Gasteiger partial charge in [0.15, 0.2) is 11.6 Å². The molecule has 0 aliphatic rings. The van der Waals surface area contributed by atoms with E-state index in [1.54, 1.807) is 13.8 Å². The van der Waals surface area contributed by atoms with E-state index in [9.17, 15) is 22.0 Å². The number of primary sulfonamides is 1. The molecule has 1 rings (SSSR count). The average molecular weight is 320 g/mol. The fourth-order valence-electron chi connectivity index (χ4n) is 1.91. The van der Waals surface area contributed by atoms with Crippen molar-refractivity contribution in [3.63, 3.8) is 0 Å². The van der Waals surface area contributed by atoms with E-state index >= 15 is 0 Å². The molecule has 0 aliphatic heterocycles. The van der Waals surface area contributed by atoms with E-state index in [1.165, 1.54) is 4.90 Å². The minimum Gasteiger partial charge on any atom is -0.336 e. The Kier molecular flexibility index (Phi) is 5.41. The molecule has 2 N–H and O–H groups in total. The summed E-state index contributed by atoms with van der Waals surface area (Å²) in [5, 5.41) is 4.90. The van der Waals surface area contributed by atoms with Gasteiger partial charge in [-0.15, -0.1) is 0 Å². The quantitative estimate of drug-likeness (QED) is 0.899. The lowest BCUT2D eigenvalue weighted by molar-refractivity contribution is 0.0693. The summed E-state index contributed by atoms with van der Waals surface area (Å²) in [6, 6.07) is 1.03. The lowest BCUT2D eigenvalue weighted by Crippen LogP contribution is -2.38. The molecule has 1 amide bonds. The Balaban J connectivity index is 3.42. The number of nitrogens with two attached hydrogens (primary N) is 1. The van der Waals surface area contributed by atoms with Gasteiger partial charge in [-0.1, -0.05) is 6.92 Å². The zero-order valence-electron chi connectivity index (χ0n) is 12.1. The number of amides is 1. The standard InChI is InChI=1S/C13H18F2N2O3S/c1-4-8(3)17(5-2)13(18)10-6-9(21(16,19)20)7-11(14)12(10)15/h6-8H,4-5H2,1-3H3,(H2,16,19,20). The first-order valence-corrected chi connectivity index (χ1v) is 8.00. The number of nitrogens with zero attached hydrogens (tertiary/aromatic N) is 1. The van der Waals surface area contributed by atoms with Gasteiger partial charge in [0, 0.05) is 12.6 Å². The van der Waals surface area contributed by atoms with Gasteiger partial charge in [-0.05, 0) is 32.4 Å². The van der Waals surface area contributed by atoms with Crippen LogP contribution >= 0.6 is 0 Å². The lowest BCUT2D eigenvalue weighted by atomic mass is 10.1. The number of halogens is 2. The maximum absolute atomic E-state index is 13.8. The SMILES string of the molecule is CCC(C)N(CC)C(=O)c1cc(S(N)(=O)=O)cc(F)c1F. The molecule has 0 aliphatic carbocycles. The van der Waals surface area contributed by atoms with Crippen LogP contribution in [0.25, 0.3) is 0 Å². The molecule has 1 unspecified atom stereocenters. The molecule has 0 fully saturated rings. The second kappa shape index (κ2) is 6.48. The smallest absolute Gasteiger partial charge is 0.257 e. The molecule has 0 saturated carbocycles. The zero-order chi connectivity index (χ0) is 16.4. The van der Waals surface area contributed by atoms with Crippen LogP contribution in [0, 0.1) is 11.6 Å². The Hall–Kier alpha value is -1.54. The summed E-state index contributed by atoms with van der Waals surface area (Å²) >= 11 is 0. The summed E-state index contributed by atoms with van der Waals surface area (Å²) in [7, 11) is -4.23. The van der Waals surface area contributed by atoms with Crippen LogP contribution in [-0.2, 0) is 10.0 Å². The molecule has 0 bridgehead atoms. The van der Waals surface area contributed by atoms with Gasteiger partial charge < -0.3 is 4.90 Å². The van der Waals surface area contributed by atoms with Crippen molar-refractivity contribution in [2.45, 2.75) is 38.1 Å². The Labute approximate surface area is 122 Å². The van der Waals surface area contributed by atoms with Gasteiger partial charge in [0.2, 0.25) is 10.0 Å². The van der Waals surface area contributed by atoms with Gasteiger partial charge in [0.1, 0.15) is 0 Å². The van der Waals surface area contributed by atoms with Crippen molar-refractivity contribution >= 4 is 15.9 Å². The minimum absolute atomic E-state index is 0.192. The first-order valence-electron chi connectivity index (χ1n) is 6.46. The van der Waals surface area contributed by atoms with Gasteiger partial charge in [-0.3, -0.25) is 4.79 Å². The van der Waals surface area contributed by atoms with Crippen molar-refractivity contribution in [1.82, 2.24) is 4.90 Å². The van der Waals surface area contributed by atoms with E-state index in [0.717, 1.165) is 6.07 Å². The second-order valence-corrected chi connectivity index (χ2v) is 6.22. The van der Waals surface area contributed by atoms with E-state index in [-0.39, 0.29) is 12.6 Å². The molecule has 8 heteroatoms. The third kappa shape index (κ3) is 3.76. The predicted molar refractivity (Wildman–Crippen MR) is 74.2 cm³/mol. The molecule has 0 heterocycles. The largest absolute Gasteiger partial charge is 0.336 e. The first kappa shape index (κ1) is 17.5. The van der Waals surface area contributed by atoms with Gasteiger partial charge in [-0.2, -0.15) is 0 Å². The fraction of sp³-hybridized carbons (Fsp3) is 0.462. The van der Waals surface area contributed by atoms with Crippen molar-refractivity contribution in [3.8, 4) is 0 Å². The topological polar surface area (TPSA) is 80.5 Å². The van der Waals surface area contributed by atoms with Crippen LogP contribution in [0.1, 0.15) is 37.6 Å². The van der Waals surface area contributed by atoms with Crippen molar-refractivity contribution in [1.29, 1.82) is 0 Å². The molecule has 0 spiro atoms. The Morgan fingerprint density at radius 3 is 2.33 bits per heavy atom. The van der Waals surface area contributed by atoms with E-state index in [4.69, 9.17) is 5.14 Å². The highest BCUT2D eigenvalue weighted by Gasteiger charge is 2.26. The van der Waals surface area contributed by atoms with Crippen LogP contribution in [0.2, 0.25) is 0 Å².